The lowest BCUT2D eigenvalue weighted by Crippen LogP contribution is -2.52. The number of nitrogens with zero attached hydrogens (tertiary/aromatic N) is 2. The summed E-state index contributed by atoms with van der Waals surface area (Å²) < 4.78 is 10.4. The van der Waals surface area contributed by atoms with Gasteiger partial charge in [-0.15, -0.1) is 0 Å². The molecule has 25 heavy (non-hydrogen) atoms. The summed E-state index contributed by atoms with van der Waals surface area (Å²) in [7, 11) is 3.12. The normalized spacial score (nSPS) is 15.8. The number of ether oxygens (including phenoxy) is 2. The molecule has 0 aliphatic carbocycles. The number of aliphatic hydroxyl groups excluding tert-OH is 1. The molecular formula is C17H18N4O4. The van der Waals surface area contributed by atoms with Crippen LogP contribution in [0.5, 0.6) is 11.5 Å². The molecule has 1 aromatic carbocycles. The topological polar surface area (TPSA) is 99.7 Å². The number of nitrogens with one attached hydrogen (secondary N) is 2. The van der Waals surface area contributed by atoms with Gasteiger partial charge in [-0.3, -0.25) is 4.79 Å². The number of carbonyl (C=O) groups excluding carboxylic acids is 1. The number of carbonyl (C=O) groups is 1. The Bertz CT molecular complexity index is 865. The zero-order chi connectivity index (χ0) is 18.0. The average molecular weight is 342 g/mol. The van der Waals surface area contributed by atoms with Crippen molar-refractivity contribution in [1.29, 1.82) is 0 Å². The Labute approximate surface area is 144 Å². The van der Waals surface area contributed by atoms with E-state index in [1.165, 1.54) is 0 Å². The van der Waals surface area contributed by atoms with Crippen molar-refractivity contribution in [3.63, 3.8) is 0 Å². The molecule has 0 saturated heterocycles. The number of H-pyrrole nitrogens is 1. The van der Waals surface area contributed by atoms with Gasteiger partial charge in [-0.25, -0.2) is 4.98 Å². The van der Waals surface area contributed by atoms with Gasteiger partial charge in [0.1, 0.15) is 5.69 Å². The van der Waals surface area contributed by atoms with Crippen LogP contribution in [0, 0.1) is 11.8 Å². The number of imidazole rings is 1. The Kier molecular flexibility index (Phi) is 4.50. The first-order valence-corrected chi connectivity index (χ1v) is 7.67. The second-order valence-electron chi connectivity index (χ2n) is 5.24. The number of hydrogen-bond donors (Lipinski definition) is 3. The van der Waals surface area contributed by atoms with Gasteiger partial charge in [-0.2, -0.15) is 0 Å². The van der Waals surface area contributed by atoms with Crippen molar-refractivity contribution in [3.8, 4) is 23.3 Å². The van der Waals surface area contributed by atoms with Crippen LogP contribution in [-0.4, -0.2) is 48.1 Å². The molecule has 130 valence electrons. The fraction of sp³-hybridized carbons (Fsp3) is 0.294. The van der Waals surface area contributed by atoms with Crippen molar-refractivity contribution in [2.45, 2.75) is 13.3 Å². The standard InChI is InChI=1S/C17H18N4O4/c1-4-21-15-14(16(22)20-17(21)23)18-13(19-15)8-6-10-5-7-11(24-2)12(9-10)25-3/h5,7,9,17,23H,4H2,1-3H3,(H,18,19)(H,20,22). The van der Waals surface area contributed by atoms with Gasteiger partial charge in [-0.05, 0) is 31.0 Å². The Morgan fingerprint density at radius 3 is 2.72 bits per heavy atom. The van der Waals surface area contributed by atoms with Crippen molar-refractivity contribution in [2.75, 3.05) is 25.7 Å². The largest absolute Gasteiger partial charge is 0.493 e. The second-order valence-corrected chi connectivity index (χ2v) is 5.24. The third-order valence-electron chi connectivity index (χ3n) is 3.79. The second kappa shape index (κ2) is 6.75. The number of aromatic nitrogens is 2. The Hall–Kier alpha value is -3.18. The van der Waals surface area contributed by atoms with Crippen molar-refractivity contribution < 1.29 is 19.4 Å². The summed E-state index contributed by atoms with van der Waals surface area (Å²) in [5.41, 5.74) is 0.993. The van der Waals surface area contributed by atoms with Gasteiger partial charge in [0.2, 0.25) is 6.35 Å². The molecule has 1 aliphatic rings. The quantitative estimate of drug-likeness (QED) is 0.709. The zero-order valence-electron chi connectivity index (χ0n) is 14.1. The summed E-state index contributed by atoms with van der Waals surface area (Å²) in [5, 5.41) is 12.3. The molecule has 0 fully saturated rings. The molecule has 0 radical (unpaired) electrons. The fourth-order valence-electron chi connectivity index (χ4n) is 2.54. The Balaban J connectivity index is 1.92. The van der Waals surface area contributed by atoms with E-state index in [1.807, 2.05) is 6.92 Å². The predicted molar refractivity (Wildman–Crippen MR) is 90.6 cm³/mol. The molecule has 3 rings (SSSR count). The van der Waals surface area contributed by atoms with Gasteiger partial charge in [0.05, 0.1) is 14.2 Å². The van der Waals surface area contributed by atoms with Crippen LogP contribution in [0.1, 0.15) is 28.8 Å². The highest BCUT2D eigenvalue weighted by Crippen LogP contribution is 2.27. The van der Waals surface area contributed by atoms with E-state index in [0.29, 0.717) is 35.2 Å². The van der Waals surface area contributed by atoms with E-state index >= 15 is 0 Å². The van der Waals surface area contributed by atoms with Crippen molar-refractivity contribution in [3.05, 3.63) is 35.3 Å². The zero-order valence-corrected chi connectivity index (χ0v) is 14.1. The lowest BCUT2D eigenvalue weighted by atomic mass is 10.2. The highest BCUT2D eigenvalue weighted by molar-refractivity contribution is 5.99. The smallest absolute Gasteiger partial charge is 0.275 e. The van der Waals surface area contributed by atoms with E-state index < -0.39 is 12.3 Å². The predicted octanol–water partition coefficient (Wildman–Crippen LogP) is 0.672. The van der Waals surface area contributed by atoms with Crippen LogP contribution in [-0.2, 0) is 0 Å². The number of aromatic amines is 1. The first kappa shape index (κ1) is 16.7. The summed E-state index contributed by atoms with van der Waals surface area (Å²) in [6.45, 7) is 2.34. The third-order valence-corrected chi connectivity index (χ3v) is 3.79. The lowest BCUT2D eigenvalue weighted by Gasteiger charge is -2.31. The lowest BCUT2D eigenvalue weighted by molar-refractivity contribution is 0.0740. The number of fused-ring (bicyclic) bond motifs is 1. The van der Waals surface area contributed by atoms with Gasteiger partial charge in [0.15, 0.2) is 23.1 Å². The van der Waals surface area contributed by atoms with Crippen LogP contribution in [0.25, 0.3) is 0 Å². The number of aliphatic hydroxyl groups is 1. The maximum Gasteiger partial charge on any atom is 0.275 e. The van der Waals surface area contributed by atoms with Crippen LogP contribution < -0.4 is 19.7 Å². The number of anilines is 1. The van der Waals surface area contributed by atoms with Gasteiger partial charge in [0, 0.05) is 12.1 Å². The minimum absolute atomic E-state index is 0.281. The molecule has 1 aromatic heterocycles. The fourth-order valence-corrected chi connectivity index (χ4v) is 2.54. The van der Waals surface area contributed by atoms with Crippen LogP contribution >= 0.6 is 0 Å². The molecule has 1 unspecified atom stereocenters. The van der Waals surface area contributed by atoms with E-state index in [-0.39, 0.29) is 5.69 Å². The van der Waals surface area contributed by atoms with Gasteiger partial charge in [0.25, 0.3) is 5.91 Å². The summed E-state index contributed by atoms with van der Waals surface area (Å²) in [4.78, 5) is 20.7. The SMILES string of the molecule is CCN1c2nc(C#Cc3ccc(OC)c(OC)c3)[nH]c2C(=O)NC1O. The van der Waals surface area contributed by atoms with Crippen LogP contribution in [0.4, 0.5) is 5.82 Å². The monoisotopic (exact) mass is 342 g/mol. The highest BCUT2D eigenvalue weighted by Gasteiger charge is 2.31. The molecular weight excluding hydrogens is 324 g/mol. The molecule has 1 amide bonds. The molecule has 8 nitrogen and oxygen atoms in total. The van der Waals surface area contributed by atoms with Crippen molar-refractivity contribution in [1.82, 2.24) is 15.3 Å². The summed E-state index contributed by atoms with van der Waals surface area (Å²) in [6.07, 6.45) is -1.10. The molecule has 0 saturated carbocycles. The number of methoxy groups -OCH3 is 2. The van der Waals surface area contributed by atoms with Gasteiger partial charge in [-0.1, -0.05) is 5.92 Å². The molecule has 8 heteroatoms. The van der Waals surface area contributed by atoms with Gasteiger partial charge >= 0.3 is 0 Å². The van der Waals surface area contributed by atoms with Crippen LogP contribution in [0.3, 0.4) is 0 Å². The Morgan fingerprint density at radius 1 is 1.28 bits per heavy atom. The van der Waals surface area contributed by atoms with E-state index in [9.17, 15) is 9.90 Å². The Morgan fingerprint density at radius 2 is 2.04 bits per heavy atom. The first-order valence-electron chi connectivity index (χ1n) is 7.67. The van der Waals surface area contributed by atoms with E-state index in [4.69, 9.17) is 9.47 Å². The van der Waals surface area contributed by atoms with Crippen LogP contribution in [0.2, 0.25) is 0 Å². The summed E-state index contributed by atoms with van der Waals surface area (Å²) >= 11 is 0. The average Bonchev–Trinajstić information content (AvgIpc) is 3.04. The third kappa shape index (κ3) is 3.09. The molecule has 1 atom stereocenters. The van der Waals surface area contributed by atoms with E-state index in [2.05, 4.69) is 27.1 Å². The maximum atomic E-state index is 12.0. The minimum atomic E-state index is -1.10. The summed E-state index contributed by atoms with van der Waals surface area (Å²) in [6, 6.07) is 5.31. The maximum absolute atomic E-state index is 12.0. The summed E-state index contributed by atoms with van der Waals surface area (Å²) in [5.74, 6) is 7.34. The van der Waals surface area contributed by atoms with Crippen LogP contribution in [0.15, 0.2) is 18.2 Å². The number of benzene rings is 1. The van der Waals surface area contributed by atoms with Crippen molar-refractivity contribution in [2.24, 2.45) is 0 Å². The van der Waals surface area contributed by atoms with Gasteiger partial charge < -0.3 is 29.8 Å². The number of hydrogen-bond acceptors (Lipinski definition) is 6. The molecule has 2 aromatic rings. The molecule has 3 N–H and O–H groups in total. The van der Waals surface area contributed by atoms with E-state index in [1.54, 1.807) is 37.3 Å². The number of rotatable bonds is 3. The molecule has 0 bridgehead atoms. The molecule has 2 heterocycles. The molecule has 0 spiro atoms. The molecule has 1 aliphatic heterocycles. The van der Waals surface area contributed by atoms with Crippen molar-refractivity contribution >= 4 is 11.7 Å². The first-order chi connectivity index (χ1) is 12.1. The highest BCUT2D eigenvalue weighted by atomic mass is 16.5. The number of amides is 1. The van der Waals surface area contributed by atoms with E-state index in [0.717, 1.165) is 0 Å². The minimum Gasteiger partial charge on any atom is -0.493 e.